The molecule has 0 aromatic carbocycles. The summed E-state index contributed by atoms with van der Waals surface area (Å²) in [6, 6.07) is 0. The van der Waals surface area contributed by atoms with Gasteiger partial charge in [0.2, 0.25) is 5.91 Å². The van der Waals surface area contributed by atoms with E-state index < -0.39 is 0 Å². The van der Waals surface area contributed by atoms with E-state index in [2.05, 4.69) is 0 Å². The van der Waals surface area contributed by atoms with Crippen LogP contribution in [0.3, 0.4) is 0 Å². The van der Waals surface area contributed by atoms with E-state index in [4.69, 9.17) is 9.47 Å². The molecule has 0 unspecified atom stereocenters. The van der Waals surface area contributed by atoms with Gasteiger partial charge < -0.3 is 14.4 Å². The Morgan fingerprint density at radius 1 is 0.962 bits per heavy atom. The van der Waals surface area contributed by atoms with Crippen LogP contribution in [0, 0.1) is 11.8 Å². The molecular formula is C21H37NO4. The third-order valence-corrected chi connectivity index (χ3v) is 5.73. The fraction of sp³-hybridized carbons (Fsp3) is 0.905. The Kier molecular flexibility index (Phi) is 9.06. The molecule has 26 heavy (non-hydrogen) atoms. The Labute approximate surface area is 158 Å². The molecule has 2 rings (SSSR count). The summed E-state index contributed by atoms with van der Waals surface area (Å²) in [5.74, 6) is 0.811. The van der Waals surface area contributed by atoms with Gasteiger partial charge in [0.15, 0.2) is 0 Å². The maximum absolute atomic E-state index is 12.3. The summed E-state index contributed by atoms with van der Waals surface area (Å²) in [5, 5.41) is 0. The van der Waals surface area contributed by atoms with E-state index in [1.54, 1.807) is 0 Å². The zero-order chi connectivity index (χ0) is 18.9. The van der Waals surface area contributed by atoms with Gasteiger partial charge in [-0.1, -0.05) is 13.8 Å². The van der Waals surface area contributed by atoms with Crippen LogP contribution < -0.4 is 0 Å². The summed E-state index contributed by atoms with van der Waals surface area (Å²) in [7, 11) is 0. The first-order chi connectivity index (χ1) is 12.5. The molecule has 1 saturated heterocycles. The Morgan fingerprint density at radius 2 is 1.54 bits per heavy atom. The van der Waals surface area contributed by atoms with Gasteiger partial charge in [0.25, 0.3) is 0 Å². The predicted molar refractivity (Wildman–Crippen MR) is 102 cm³/mol. The van der Waals surface area contributed by atoms with Crippen molar-refractivity contribution in [2.45, 2.75) is 84.3 Å². The summed E-state index contributed by atoms with van der Waals surface area (Å²) in [4.78, 5) is 26.3. The highest BCUT2D eigenvalue weighted by atomic mass is 16.5. The lowest BCUT2D eigenvalue weighted by atomic mass is 9.87. The summed E-state index contributed by atoms with van der Waals surface area (Å²) in [6.07, 6.45) is 8.03. The first kappa shape index (κ1) is 21.4. The third-order valence-electron chi connectivity index (χ3n) is 5.73. The smallest absolute Gasteiger partial charge is 0.222 e. The number of likely N-dealkylation sites (tertiary alicyclic amines) is 1. The van der Waals surface area contributed by atoms with Crippen LogP contribution in [0.4, 0.5) is 0 Å². The fourth-order valence-corrected chi connectivity index (χ4v) is 4.12. The minimum absolute atomic E-state index is 0.100. The number of carbonyl (C=O) groups is 2. The second-order valence-electron chi connectivity index (χ2n) is 8.04. The Hall–Kier alpha value is -0.940. The maximum Gasteiger partial charge on any atom is 0.222 e. The second kappa shape index (κ2) is 11.0. The monoisotopic (exact) mass is 367 g/mol. The summed E-state index contributed by atoms with van der Waals surface area (Å²) in [5.41, 5.74) is 0. The fourth-order valence-electron chi connectivity index (χ4n) is 4.12. The minimum Gasteiger partial charge on any atom is -0.379 e. The molecule has 0 N–H and O–H groups in total. The summed E-state index contributed by atoms with van der Waals surface area (Å²) < 4.78 is 11.6. The Bertz CT molecular complexity index is 435. The molecule has 2 aliphatic rings. The highest BCUT2D eigenvalue weighted by Crippen LogP contribution is 2.24. The van der Waals surface area contributed by atoms with Crippen LogP contribution in [0.15, 0.2) is 0 Å². The second-order valence-corrected chi connectivity index (χ2v) is 8.04. The molecule has 0 bridgehead atoms. The van der Waals surface area contributed by atoms with Crippen molar-refractivity contribution in [3.63, 3.8) is 0 Å². The standard InChI is InChI=1S/C21H37NO4/c1-4-25-18-7-9-19(10-8-18)26-15-5-6-20(23)22-13-11-17(12-14-22)21(24)16(2)3/h16-19H,4-15H2,1-3H3. The van der Waals surface area contributed by atoms with Gasteiger partial charge in [-0.15, -0.1) is 0 Å². The van der Waals surface area contributed by atoms with Gasteiger partial charge in [-0.2, -0.15) is 0 Å². The van der Waals surface area contributed by atoms with Gasteiger partial charge in [-0.25, -0.2) is 0 Å². The van der Waals surface area contributed by atoms with Crippen molar-refractivity contribution in [3.05, 3.63) is 0 Å². The summed E-state index contributed by atoms with van der Waals surface area (Å²) in [6.45, 7) is 8.88. The van der Waals surface area contributed by atoms with E-state index in [0.29, 0.717) is 31.0 Å². The molecule has 5 heteroatoms. The first-order valence-corrected chi connectivity index (χ1v) is 10.6. The van der Waals surface area contributed by atoms with Crippen molar-refractivity contribution in [3.8, 4) is 0 Å². The highest BCUT2D eigenvalue weighted by molar-refractivity contribution is 5.83. The average Bonchev–Trinajstić information content (AvgIpc) is 2.66. The number of nitrogens with zero attached hydrogens (tertiary/aromatic N) is 1. The molecule has 1 heterocycles. The van der Waals surface area contributed by atoms with Crippen LogP contribution in [-0.2, 0) is 19.1 Å². The van der Waals surface area contributed by atoms with Crippen molar-refractivity contribution < 1.29 is 19.1 Å². The lowest BCUT2D eigenvalue weighted by Crippen LogP contribution is -2.41. The number of carbonyl (C=O) groups excluding carboxylic acids is 2. The molecule has 5 nitrogen and oxygen atoms in total. The van der Waals surface area contributed by atoms with Crippen molar-refractivity contribution >= 4 is 11.7 Å². The minimum atomic E-state index is 0.100. The Balaban J connectivity index is 1.55. The van der Waals surface area contributed by atoms with Crippen LogP contribution in [0.25, 0.3) is 0 Å². The van der Waals surface area contributed by atoms with Gasteiger partial charge in [-0.3, -0.25) is 9.59 Å². The van der Waals surface area contributed by atoms with Gasteiger partial charge in [0, 0.05) is 44.6 Å². The van der Waals surface area contributed by atoms with Crippen LogP contribution in [-0.4, -0.2) is 55.1 Å². The number of Topliss-reactive ketones (excluding diaryl/α,β-unsaturated/α-hetero) is 1. The molecule has 0 spiro atoms. The van der Waals surface area contributed by atoms with Crippen molar-refractivity contribution in [1.29, 1.82) is 0 Å². The van der Waals surface area contributed by atoms with Crippen molar-refractivity contribution in [2.75, 3.05) is 26.3 Å². The normalized spacial score (nSPS) is 24.8. The van der Waals surface area contributed by atoms with Crippen molar-refractivity contribution in [1.82, 2.24) is 4.90 Å². The average molecular weight is 368 g/mol. The molecular weight excluding hydrogens is 330 g/mol. The number of rotatable bonds is 9. The van der Waals surface area contributed by atoms with Gasteiger partial charge in [0.05, 0.1) is 12.2 Å². The third kappa shape index (κ3) is 6.66. The lowest BCUT2D eigenvalue weighted by Gasteiger charge is -2.32. The van der Waals surface area contributed by atoms with Crippen LogP contribution in [0.1, 0.15) is 72.1 Å². The van der Waals surface area contributed by atoms with E-state index >= 15 is 0 Å². The quantitative estimate of drug-likeness (QED) is 0.584. The van der Waals surface area contributed by atoms with Crippen molar-refractivity contribution in [2.24, 2.45) is 11.8 Å². The predicted octanol–water partition coefficient (Wildman–Crippen LogP) is 3.59. The molecule has 0 aromatic heterocycles. The number of hydrogen-bond acceptors (Lipinski definition) is 4. The molecule has 0 radical (unpaired) electrons. The van der Waals surface area contributed by atoms with E-state index in [9.17, 15) is 9.59 Å². The molecule has 1 aliphatic heterocycles. The topological polar surface area (TPSA) is 55.8 Å². The van der Waals surface area contributed by atoms with E-state index in [-0.39, 0.29) is 17.7 Å². The zero-order valence-corrected chi connectivity index (χ0v) is 16.9. The van der Waals surface area contributed by atoms with E-state index in [0.717, 1.165) is 64.6 Å². The molecule has 1 aliphatic carbocycles. The van der Waals surface area contributed by atoms with E-state index in [1.165, 1.54) is 0 Å². The first-order valence-electron chi connectivity index (χ1n) is 10.6. The number of piperidine rings is 1. The van der Waals surface area contributed by atoms with E-state index in [1.807, 2.05) is 25.7 Å². The Morgan fingerprint density at radius 3 is 2.08 bits per heavy atom. The van der Waals surface area contributed by atoms with Crippen LogP contribution >= 0.6 is 0 Å². The molecule has 1 amide bonds. The summed E-state index contributed by atoms with van der Waals surface area (Å²) >= 11 is 0. The van der Waals surface area contributed by atoms with Gasteiger partial charge in [0.1, 0.15) is 5.78 Å². The number of amides is 1. The number of hydrogen-bond donors (Lipinski definition) is 0. The van der Waals surface area contributed by atoms with Gasteiger partial charge in [-0.05, 0) is 51.9 Å². The van der Waals surface area contributed by atoms with Crippen LogP contribution in [0.5, 0.6) is 0 Å². The molecule has 0 aromatic rings. The SMILES string of the molecule is CCOC1CCC(OCCCC(=O)N2CCC(C(=O)C(C)C)CC2)CC1. The lowest BCUT2D eigenvalue weighted by molar-refractivity contribution is -0.136. The number of ether oxygens (including phenoxy) is 2. The molecule has 0 atom stereocenters. The maximum atomic E-state index is 12.3. The molecule has 150 valence electrons. The largest absolute Gasteiger partial charge is 0.379 e. The van der Waals surface area contributed by atoms with Gasteiger partial charge >= 0.3 is 0 Å². The number of ketones is 1. The molecule has 2 fully saturated rings. The molecule has 1 saturated carbocycles. The zero-order valence-electron chi connectivity index (χ0n) is 16.9. The van der Waals surface area contributed by atoms with Crippen LogP contribution in [0.2, 0.25) is 0 Å². The highest BCUT2D eigenvalue weighted by Gasteiger charge is 2.28.